The largest absolute Gasteiger partial charge is 0.468 e. The van der Waals surface area contributed by atoms with Gasteiger partial charge >= 0.3 is 5.97 Å². The van der Waals surface area contributed by atoms with E-state index in [2.05, 4.69) is 4.99 Å². The number of sulfone groups is 1. The van der Waals surface area contributed by atoms with Crippen LogP contribution in [0.1, 0.15) is 29.6 Å². The molecular formula is C23H25N3O7S3. The van der Waals surface area contributed by atoms with Crippen LogP contribution in [0, 0.1) is 0 Å². The predicted molar refractivity (Wildman–Crippen MR) is 134 cm³/mol. The maximum absolute atomic E-state index is 12.9. The number of rotatable bonds is 6. The molecule has 2 aromatic carbocycles. The number of amides is 1. The monoisotopic (exact) mass is 551 g/mol. The zero-order valence-corrected chi connectivity index (χ0v) is 22.2. The zero-order chi connectivity index (χ0) is 26.1. The van der Waals surface area contributed by atoms with E-state index in [1.165, 1.54) is 52.4 Å². The Balaban J connectivity index is 1.71. The van der Waals surface area contributed by atoms with Gasteiger partial charge in [0.1, 0.15) is 6.54 Å². The molecule has 0 spiro atoms. The molecule has 1 fully saturated rings. The topological polar surface area (TPSA) is 132 Å². The number of benzene rings is 2. The van der Waals surface area contributed by atoms with E-state index in [-0.39, 0.29) is 26.7 Å². The number of thiazole rings is 1. The van der Waals surface area contributed by atoms with Crippen molar-refractivity contribution in [3.05, 3.63) is 52.8 Å². The van der Waals surface area contributed by atoms with E-state index in [4.69, 9.17) is 4.74 Å². The Morgan fingerprint density at radius 3 is 2.22 bits per heavy atom. The summed E-state index contributed by atoms with van der Waals surface area (Å²) in [6.45, 7) is 0.727. The minimum absolute atomic E-state index is 0.102. The fourth-order valence-electron chi connectivity index (χ4n) is 3.89. The molecule has 1 amide bonds. The fraction of sp³-hybridized carbons (Fsp3) is 0.348. The van der Waals surface area contributed by atoms with E-state index in [0.717, 1.165) is 36.9 Å². The molecule has 1 aliphatic heterocycles. The predicted octanol–water partition coefficient (Wildman–Crippen LogP) is 2.20. The Morgan fingerprint density at radius 1 is 0.972 bits per heavy atom. The second kappa shape index (κ2) is 10.2. The molecule has 4 rings (SSSR count). The summed E-state index contributed by atoms with van der Waals surface area (Å²) >= 11 is 1.06. The third-order valence-electron chi connectivity index (χ3n) is 5.85. The van der Waals surface area contributed by atoms with Crippen LogP contribution in [0.25, 0.3) is 10.2 Å². The van der Waals surface area contributed by atoms with Gasteiger partial charge in [-0.3, -0.25) is 9.59 Å². The quantitative estimate of drug-likeness (QED) is 0.429. The number of aromatic nitrogens is 1. The Kier molecular flexibility index (Phi) is 7.46. The van der Waals surface area contributed by atoms with Crippen molar-refractivity contribution in [2.24, 2.45) is 4.99 Å². The summed E-state index contributed by atoms with van der Waals surface area (Å²) < 4.78 is 57.8. The number of ether oxygens (including phenoxy) is 1. The standard InChI is InChI=1S/C23H25N3O7S3/c1-33-21(27)15-26-19-11-10-18(35(2,29)30)14-20(19)34-23(26)24-22(28)16-6-8-17(9-7-16)36(31,32)25-12-4-3-5-13-25/h6-11,14H,3-5,12-13,15H2,1-2H3. The van der Waals surface area contributed by atoms with E-state index in [1.54, 1.807) is 6.07 Å². The van der Waals surface area contributed by atoms with Gasteiger partial charge in [-0.1, -0.05) is 17.8 Å². The van der Waals surface area contributed by atoms with Gasteiger partial charge < -0.3 is 9.30 Å². The maximum atomic E-state index is 12.9. The first-order valence-corrected chi connectivity index (χ1v) is 15.2. The van der Waals surface area contributed by atoms with Crippen LogP contribution in [0.2, 0.25) is 0 Å². The summed E-state index contributed by atoms with van der Waals surface area (Å²) in [5.74, 6) is -1.20. The lowest BCUT2D eigenvalue weighted by molar-refractivity contribution is -0.141. The molecule has 13 heteroatoms. The normalized spacial score (nSPS) is 15.8. The average molecular weight is 552 g/mol. The van der Waals surface area contributed by atoms with Crippen molar-refractivity contribution in [1.82, 2.24) is 8.87 Å². The van der Waals surface area contributed by atoms with Crippen molar-refractivity contribution < 1.29 is 31.2 Å². The number of hydrogen-bond donors (Lipinski definition) is 0. The summed E-state index contributed by atoms with van der Waals surface area (Å²) in [4.78, 5) is 29.5. The lowest BCUT2D eigenvalue weighted by atomic mass is 10.2. The summed E-state index contributed by atoms with van der Waals surface area (Å²) in [7, 11) is -5.85. The molecule has 0 N–H and O–H groups in total. The maximum Gasteiger partial charge on any atom is 0.325 e. The molecule has 0 atom stereocenters. The molecule has 0 bridgehead atoms. The molecule has 0 unspecified atom stereocenters. The number of carbonyl (C=O) groups is 2. The molecule has 3 aromatic rings. The molecule has 192 valence electrons. The average Bonchev–Trinajstić information content (AvgIpc) is 3.19. The molecule has 0 radical (unpaired) electrons. The summed E-state index contributed by atoms with van der Waals surface area (Å²) in [5, 5.41) is 0. The molecule has 1 saturated heterocycles. The van der Waals surface area contributed by atoms with Gasteiger partial charge in [0.25, 0.3) is 5.91 Å². The molecule has 2 heterocycles. The number of piperidine rings is 1. The number of methoxy groups -OCH3 is 1. The van der Waals surface area contributed by atoms with Crippen molar-refractivity contribution in [3.8, 4) is 0 Å². The highest BCUT2D eigenvalue weighted by Gasteiger charge is 2.26. The highest BCUT2D eigenvalue weighted by molar-refractivity contribution is 7.90. The van der Waals surface area contributed by atoms with Crippen LogP contribution in [0.5, 0.6) is 0 Å². The van der Waals surface area contributed by atoms with Gasteiger partial charge in [-0.05, 0) is 55.3 Å². The van der Waals surface area contributed by atoms with Gasteiger partial charge in [0.05, 0.1) is 27.1 Å². The lowest BCUT2D eigenvalue weighted by Crippen LogP contribution is -2.35. The van der Waals surface area contributed by atoms with E-state index in [1.807, 2.05) is 0 Å². The second-order valence-electron chi connectivity index (χ2n) is 8.35. The summed E-state index contributed by atoms with van der Waals surface area (Å²) in [6.07, 6.45) is 3.74. The van der Waals surface area contributed by atoms with E-state index < -0.39 is 31.7 Å². The van der Waals surface area contributed by atoms with Crippen LogP contribution in [0.3, 0.4) is 0 Å². The van der Waals surface area contributed by atoms with Crippen LogP contribution >= 0.6 is 11.3 Å². The van der Waals surface area contributed by atoms with E-state index in [0.29, 0.717) is 23.3 Å². The van der Waals surface area contributed by atoms with Crippen molar-refractivity contribution in [1.29, 1.82) is 0 Å². The molecule has 0 saturated carbocycles. The van der Waals surface area contributed by atoms with Gasteiger partial charge in [-0.25, -0.2) is 16.8 Å². The molecule has 0 aliphatic carbocycles. The van der Waals surface area contributed by atoms with Crippen molar-refractivity contribution in [2.75, 3.05) is 26.5 Å². The molecule has 10 nitrogen and oxygen atoms in total. The zero-order valence-electron chi connectivity index (χ0n) is 19.7. The SMILES string of the molecule is COC(=O)Cn1c(=NC(=O)c2ccc(S(=O)(=O)N3CCCCC3)cc2)sc2cc(S(C)(=O)=O)ccc21. The lowest BCUT2D eigenvalue weighted by Gasteiger charge is -2.25. The minimum Gasteiger partial charge on any atom is -0.468 e. The number of nitrogens with zero attached hydrogens (tertiary/aromatic N) is 3. The van der Waals surface area contributed by atoms with Gasteiger partial charge in [-0.2, -0.15) is 9.30 Å². The number of sulfonamides is 1. The van der Waals surface area contributed by atoms with Crippen LogP contribution in [0.15, 0.2) is 57.2 Å². The third kappa shape index (κ3) is 5.43. The van der Waals surface area contributed by atoms with Crippen LogP contribution < -0.4 is 4.80 Å². The fourth-order valence-corrected chi connectivity index (χ4v) is 7.20. The van der Waals surface area contributed by atoms with Gasteiger partial charge in [-0.15, -0.1) is 0 Å². The Labute approximate surface area is 212 Å². The van der Waals surface area contributed by atoms with Crippen molar-refractivity contribution in [3.63, 3.8) is 0 Å². The van der Waals surface area contributed by atoms with Crippen LogP contribution in [-0.2, 0) is 35.9 Å². The first kappa shape index (κ1) is 26.2. The molecule has 1 aromatic heterocycles. The first-order chi connectivity index (χ1) is 17.0. The summed E-state index contributed by atoms with van der Waals surface area (Å²) in [6, 6.07) is 10.0. The number of hydrogen-bond acceptors (Lipinski definition) is 8. The number of fused-ring (bicyclic) bond motifs is 1. The summed E-state index contributed by atoms with van der Waals surface area (Å²) in [5.41, 5.74) is 0.693. The number of esters is 1. The van der Waals surface area contributed by atoms with Gasteiger partial charge in [0.15, 0.2) is 14.6 Å². The van der Waals surface area contributed by atoms with Crippen molar-refractivity contribution in [2.45, 2.75) is 35.6 Å². The Bertz CT molecular complexity index is 1600. The Morgan fingerprint density at radius 2 is 1.61 bits per heavy atom. The molecular weight excluding hydrogens is 526 g/mol. The van der Waals surface area contributed by atoms with Crippen LogP contribution in [-0.4, -0.2) is 64.0 Å². The Hall–Kier alpha value is -2.87. The van der Waals surface area contributed by atoms with Crippen LogP contribution in [0.4, 0.5) is 0 Å². The first-order valence-electron chi connectivity index (χ1n) is 11.1. The van der Waals surface area contributed by atoms with Crippen molar-refractivity contribution >= 4 is 53.3 Å². The van der Waals surface area contributed by atoms with Gasteiger partial charge in [0.2, 0.25) is 10.0 Å². The highest BCUT2D eigenvalue weighted by Crippen LogP contribution is 2.23. The van der Waals surface area contributed by atoms with E-state index in [9.17, 15) is 26.4 Å². The third-order valence-corrected chi connectivity index (χ3v) is 9.91. The molecule has 36 heavy (non-hydrogen) atoms. The smallest absolute Gasteiger partial charge is 0.325 e. The number of carbonyl (C=O) groups excluding carboxylic acids is 2. The molecule has 1 aliphatic rings. The highest BCUT2D eigenvalue weighted by atomic mass is 32.2. The van der Waals surface area contributed by atoms with Gasteiger partial charge in [0, 0.05) is 24.9 Å². The van der Waals surface area contributed by atoms with E-state index >= 15 is 0 Å². The second-order valence-corrected chi connectivity index (χ2v) is 13.3. The minimum atomic E-state index is -3.63.